The molecule has 3 unspecified atom stereocenters. The fraction of sp³-hybridized carbons (Fsp3) is 0.375. The van der Waals surface area contributed by atoms with Crippen LogP contribution in [0.5, 0.6) is 0 Å². The third-order valence-electron chi connectivity index (χ3n) is 4.28. The minimum Gasteiger partial charge on any atom is -0.481 e. The Morgan fingerprint density at radius 2 is 2.04 bits per heavy atom. The summed E-state index contributed by atoms with van der Waals surface area (Å²) in [4.78, 5) is 24.5. The van der Waals surface area contributed by atoms with E-state index in [1.54, 1.807) is 11.9 Å². The maximum atomic E-state index is 11.5. The van der Waals surface area contributed by atoms with Crippen molar-refractivity contribution in [3.8, 4) is 11.3 Å². The molecule has 3 rings (SSSR count). The van der Waals surface area contributed by atoms with E-state index in [1.165, 1.54) is 0 Å². The van der Waals surface area contributed by atoms with Gasteiger partial charge in [0.1, 0.15) is 0 Å². The minimum atomic E-state index is -0.861. The van der Waals surface area contributed by atoms with Crippen molar-refractivity contribution >= 4 is 5.97 Å². The largest absolute Gasteiger partial charge is 0.519 e. The summed E-state index contributed by atoms with van der Waals surface area (Å²) < 4.78 is 10.3. The molecule has 0 spiro atoms. The predicted octanol–water partition coefficient (Wildman–Crippen LogP) is 1.13. The number of rotatable bonds is 5. The second-order valence-corrected chi connectivity index (χ2v) is 5.82. The van der Waals surface area contributed by atoms with Gasteiger partial charge in [-0.25, -0.2) is 4.79 Å². The first-order valence-corrected chi connectivity index (χ1v) is 7.34. The molecule has 23 heavy (non-hydrogen) atoms. The van der Waals surface area contributed by atoms with Gasteiger partial charge in [-0.1, -0.05) is 30.3 Å². The zero-order valence-electron chi connectivity index (χ0n) is 12.6. The Kier molecular flexibility index (Phi) is 4.06. The maximum absolute atomic E-state index is 11.5. The van der Waals surface area contributed by atoms with Crippen molar-refractivity contribution in [1.29, 1.82) is 0 Å². The smallest absolute Gasteiger partial charge is 0.481 e. The number of carboxylic acid groups (broad SMARTS) is 1. The van der Waals surface area contributed by atoms with E-state index >= 15 is 0 Å². The Bertz CT molecular complexity index is 751. The van der Waals surface area contributed by atoms with Crippen molar-refractivity contribution in [2.24, 2.45) is 11.7 Å². The molecule has 1 saturated carbocycles. The molecule has 1 fully saturated rings. The molecule has 7 heteroatoms. The summed E-state index contributed by atoms with van der Waals surface area (Å²) in [5.74, 6) is -1.41. The van der Waals surface area contributed by atoms with E-state index in [4.69, 9.17) is 14.6 Å². The molecule has 0 bridgehead atoms. The van der Waals surface area contributed by atoms with E-state index in [1.807, 2.05) is 30.3 Å². The molecule has 7 nitrogen and oxygen atoms in total. The first-order valence-electron chi connectivity index (χ1n) is 7.34. The summed E-state index contributed by atoms with van der Waals surface area (Å²) in [6.07, 6.45) is 0.450. The van der Waals surface area contributed by atoms with Gasteiger partial charge >= 0.3 is 11.8 Å². The Hall–Kier alpha value is -2.38. The van der Waals surface area contributed by atoms with Crippen LogP contribution in [0.2, 0.25) is 0 Å². The van der Waals surface area contributed by atoms with Crippen molar-refractivity contribution in [3.05, 3.63) is 46.7 Å². The summed E-state index contributed by atoms with van der Waals surface area (Å²) in [6.45, 7) is 0.248. The fourth-order valence-electron chi connectivity index (χ4n) is 3.11. The first-order chi connectivity index (χ1) is 11.0. The summed E-state index contributed by atoms with van der Waals surface area (Å²) in [6, 6.07) is 8.64. The Morgan fingerprint density at radius 1 is 1.35 bits per heavy atom. The molecule has 3 atom stereocenters. The summed E-state index contributed by atoms with van der Waals surface area (Å²) >= 11 is 0. The summed E-state index contributed by atoms with van der Waals surface area (Å²) in [7, 11) is 1.77. The number of nitrogens with zero attached hydrogens (tertiary/aromatic N) is 1. The molecule has 1 aliphatic carbocycles. The van der Waals surface area contributed by atoms with E-state index in [9.17, 15) is 14.7 Å². The highest BCUT2D eigenvalue weighted by molar-refractivity contribution is 5.72. The van der Waals surface area contributed by atoms with Crippen molar-refractivity contribution < 1.29 is 18.7 Å². The van der Waals surface area contributed by atoms with E-state index in [2.05, 4.69) is 0 Å². The molecular weight excluding hydrogens is 300 g/mol. The van der Waals surface area contributed by atoms with Crippen molar-refractivity contribution in [2.75, 3.05) is 7.05 Å². The molecule has 0 radical (unpaired) electrons. The van der Waals surface area contributed by atoms with Gasteiger partial charge in [0.15, 0.2) is 11.5 Å². The van der Waals surface area contributed by atoms with Crippen LogP contribution in [-0.4, -0.2) is 35.1 Å². The SMILES string of the molecule is CN(Cc1oc(=O)oc1-c1ccccc1)C1C(N)CC1C(=O)O. The number of carbonyl (C=O) groups is 1. The number of carboxylic acids is 1. The van der Waals surface area contributed by atoms with Gasteiger partial charge < -0.3 is 19.7 Å². The van der Waals surface area contributed by atoms with Gasteiger partial charge in [-0.2, -0.15) is 0 Å². The molecular formula is C16H18N2O5. The maximum Gasteiger partial charge on any atom is 0.519 e. The van der Waals surface area contributed by atoms with Crippen LogP contribution in [-0.2, 0) is 11.3 Å². The molecule has 3 N–H and O–H groups in total. The highest BCUT2D eigenvalue weighted by atomic mass is 16.6. The van der Waals surface area contributed by atoms with Gasteiger partial charge in [0, 0.05) is 17.6 Å². The molecule has 1 aromatic carbocycles. The molecule has 0 amide bonds. The molecule has 1 aliphatic rings. The Balaban J connectivity index is 1.83. The normalized spacial score (nSPS) is 23.7. The Morgan fingerprint density at radius 3 is 2.65 bits per heavy atom. The molecule has 1 aromatic heterocycles. The lowest BCUT2D eigenvalue weighted by Crippen LogP contribution is -2.61. The number of nitrogens with two attached hydrogens (primary N) is 1. The lowest BCUT2D eigenvalue weighted by molar-refractivity contribution is -0.150. The van der Waals surface area contributed by atoms with Crippen LogP contribution in [0.15, 0.2) is 44.0 Å². The quantitative estimate of drug-likeness (QED) is 0.850. The third-order valence-corrected chi connectivity index (χ3v) is 4.28. The second kappa shape index (κ2) is 6.02. The van der Waals surface area contributed by atoms with Crippen LogP contribution in [0, 0.1) is 5.92 Å². The number of hydrogen-bond donors (Lipinski definition) is 2. The molecule has 0 aliphatic heterocycles. The van der Waals surface area contributed by atoms with Crippen LogP contribution >= 0.6 is 0 Å². The van der Waals surface area contributed by atoms with E-state index in [-0.39, 0.29) is 18.6 Å². The average molecular weight is 318 g/mol. The van der Waals surface area contributed by atoms with Crippen LogP contribution in [0.3, 0.4) is 0 Å². The lowest BCUT2D eigenvalue weighted by atomic mass is 9.74. The van der Waals surface area contributed by atoms with Gasteiger partial charge in [-0.05, 0) is 13.5 Å². The zero-order chi connectivity index (χ0) is 16.6. The molecule has 122 valence electrons. The van der Waals surface area contributed by atoms with Crippen molar-refractivity contribution in [1.82, 2.24) is 4.90 Å². The van der Waals surface area contributed by atoms with Gasteiger partial charge in [0.05, 0.1) is 12.5 Å². The van der Waals surface area contributed by atoms with Crippen LogP contribution in [0.25, 0.3) is 11.3 Å². The summed E-state index contributed by atoms with van der Waals surface area (Å²) in [5.41, 5.74) is 6.67. The number of likely N-dealkylation sites (N-methyl/N-ethyl adjacent to an activating group) is 1. The number of benzene rings is 1. The van der Waals surface area contributed by atoms with Gasteiger partial charge in [0.25, 0.3) is 0 Å². The van der Waals surface area contributed by atoms with E-state index in [0.29, 0.717) is 17.9 Å². The van der Waals surface area contributed by atoms with Gasteiger partial charge in [-0.15, -0.1) is 0 Å². The number of hydrogen-bond acceptors (Lipinski definition) is 6. The predicted molar refractivity (Wildman–Crippen MR) is 81.7 cm³/mol. The van der Waals surface area contributed by atoms with Crippen molar-refractivity contribution in [3.63, 3.8) is 0 Å². The van der Waals surface area contributed by atoms with Crippen LogP contribution in [0.1, 0.15) is 12.2 Å². The fourth-order valence-corrected chi connectivity index (χ4v) is 3.11. The highest BCUT2D eigenvalue weighted by Crippen LogP contribution is 2.33. The summed E-state index contributed by atoms with van der Waals surface area (Å²) in [5, 5.41) is 9.20. The minimum absolute atomic E-state index is 0.208. The molecule has 1 heterocycles. The lowest BCUT2D eigenvalue weighted by Gasteiger charge is -2.45. The zero-order valence-corrected chi connectivity index (χ0v) is 12.6. The topological polar surface area (TPSA) is 110 Å². The average Bonchev–Trinajstić information content (AvgIpc) is 2.85. The van der Waals surface area contributed by atoms with E-state index in [0.717, 1.165) is 5.56 Å². The highest BCUT2D eigenvalue weighted by Gasteiger charge is 2.46. The molecule has 0 saturated heterocycles. The monoisotopic (exact) mass is 318 g/mol. The number of aliphatic carboxylic acids is 1. The second-order valence-electron chi connectivity index (χ2n) is 5.82. The third kappa shape index (κ3) is 2.93. The van der Waals surface area contributed by atoms with Crippen LogP contribution < -0.4 is 11.6 Å². The van der Waals surface area contributed by atoms with Crippen molar-refractivity contribution in [2.45, 2.75) is 25.0 Å². The van der Waals surface area contributed by atoms with Crippen LogP contribution in [0.4, 0.5) is 0 Å². The standard InChI is InChI=1S/C16H18N2O5/c1-18(13-10(15(19)20)7-11(13)17)8-12-14(23-16(21)22-12)9-5-3-2-4-6-9/h2-6,10-11,13H,7-8,17H2,1H3,(H,19,20). The van der Waals surface area contributed by atoms with Gasteiger partial charge in [-0.3, -0.25) is 9.69 Å². The molecule has 2 aromatic rings. The van der Waals surface area contributed by atoms with E-state index < -0.39 is 17.7 Å². The van der Waals surface area contributed by atoms with Gasteiger partial charge in [0.2, 0.25) is 0 Å². The Labute approximate surface area is 132 Å². The first kappa shape index (κ1) is 15.5.